The first-order valence-corrected chi connectivity index (χ1v) is 6.11. The summed E-state index contributed by atoms with van der Waals surface area (Å²) in [5.74, 6) is 0. The Balaban J connectivity index is 2.40. The summed E-state index contributed by atoms with van der Waals surface area (Å²) < 4.78 is 5.48. The van der Waals surface area contributed by atoms with Crippen molar-refractivity contribution in [2.45, 2.75) is 38.5 Å². The van der Waals surface area contributed by atoms with Gasteiger partial charge in [-0.05, 0) is 17.5 Å². The summed E-state index contributed by atoms with van der Waals surface area (Å²) >= 11 is 0. The van der Waals surface area contributed by atoms with E-state index in [2.05, 4.69) is 10.0 Å². The molecule has 0 aliphatic rings. The molecule has 18 heavy (non-hydrogen) atoms. The topological polar surface area (TPSA) is 78.2 Å². The molecule has 0 bridgehead atoms. The van der Waals surface area contributed by atoms with Gasteiger partial charge in [0, 0.05) is 4.91 Å². The van der Waals surface area contributed by atoms with Gasteiger partial charge in [-0.2, -0.15) is 0 Å². The number of hydrogen-bond acceptors (Lipinski definition) is 3. The molecule has 0 saturated carbocycles. The fraction of sp³-hybridized carbons (Fsp3) is 0.538. The van der Waals surface area contributed by atoms with E-state index in [0.717, 1.165) is 12.0 Å². The highest BCUT2D eigenvalue weighted by atomic mass is 16.5. The van der Waals surface area contributed by atoms with E-state index < -0.39 is 12.1 Å². The lowest BCUT2D eigenvalue weighted by Crippen LogP contribution is -2.28. The van der Waals surface area contributed by atoms with Crippen molar-refractivity contribution in [1.82, 2.24) is 0 Å². The van der Waals surface area contributed by atoms with E-state index in [1.165, 1.54) is 0 Å². The zero-order valence-electron chi connectivity index (χ0n) is 10.6. The maximum Gasteiger partial charge on any atom is 0.0867 e. The molecular weight excluding hydrogens is 230 g/mol. The number of azide groups is 1. The van der Waals surface area contributed by atoms with E-state index in [0.29, 0.717) is 13.0 Å². The van der Waals surface area contributed by atoms with Gasteiger partial charge in [0.2, 0.25) is 0 Å². The van der Waals surface area contributed by atoms with E-state index in [9.17, 15) is 5.11 Å². The number of aliphatic hydroxyl groups is 1. The zero-order valence-corrected chi connectivity index (χ0v) is 10.6. The number of nitrogens with zero attached hydrogens (tertiary/aromatic N) is 3. The van der Waals surface area contributed by atoms with E-state index in [4.69, 9.17) is 10.3 Å². The van der Waals surface area contributed by atoms with Crippen LogP contribution >= 0.6 is 0 Å². The number of benzene rings is 1. The SMILES string of the molecule is CCC[C@@H](O)[C@H](COCc1ccccc1)N=[N+]=[N-]. The molecule has 2 atom stereocenters. The molecule has 1 N–H and O–H groups in total. The monoisotopic (exact) mass is 249 g/mol. The Labute approximate surface area is 107 Å². The van der Waals surface area contributed by atoms with Gasteiger partial charge >= 0.3 is 0 Å². The Kier molecular flexibility index (Phi) is 6.87. The van der Waals surface area contributed by atoms with Crippen molar-refractivity contribution in [2.75, 3.05) is 6.61 Å². The Bertz CT molecular complexity index is 377. The van der Waals surface area contributed by atoms with Gasteiger partial charge in [0.15, 0.2) is 0 Å². The van der Waals surface area contributed by atoms with Crippen LogP contribution in [0.2, 0.25) is 0 Å². The van der Waals surface area contributed by atoms with Gasteiger partial charge in [-0.1, -0.05) is 48.8 Å². The molecule has 98 valence electrons. The quantitative estimate of drug-likeness (QED) is 0.436. The maximum atomic E-state index is 9.79. The lowest BCUT2D eigenvalue weighted by atomic mass is 10.1. The van der Waals surface area contributed by atoms with E-state index >= 15 is 0 Å². The van der Waals surface area contributed by atoms with Gasteiger partial charge in [-0.25, -0.2) is 0 Å². The van der Waals surface area contributed by atoms with Crippen molar-refractivity contribution in [1.29, 1.82) is 0 Å². The molecule has 1 aromatic carbocycles. The predicted molar refractivity (Wildman–Crippen MR) is 69.9 cm³/mol. The highest BCUT2D eigenvalue weighted by molar-refractivity contribution is 5.13. The summed E-state index contributed by atoms with van der Waals surface area (Å²) in [5, 5.41) is 13.4. The molecule has 5 nitrogen and oxygen atoms in total. The smallest absolute Gasteiger partial charge is 0.0867 e. The van der Waals surface area contributed by atoms with Crippen LogP contribution in [0.15, 0.2) is 35.4 Å². The van der Waals surface area contributed by atoms with Crippen LogP contribution in [-0.2, 0) is 11.3 Å². The van der Waals surface area contributed by atoms with Gasteiger partial charge in [0.1, 0.15) is 0 Å². The van der Waals surface area contributed by atoms with Gasteiger partial charge in [-0.3, -0.25) is 0 Å². The standard InChI is InChI=1S/C13H19N3O2/c1-2-6-13(17)12(15-16-14)10-18-9-11-7-4-3-5-8-11/h3-5,7-8,12-13,17H,2,6,9-10H2,1H3/t12-,13+/m0/s1. The third-order valence-corrected chi connectivity index (χ3v) is 2.63. The lowest BCUT2D eigenvalue weighted by molar-refractivity contribution is 0.0514. The summed E-state index contributed by atoms with van der Waals surface area (Å²) in [7, 11) is 0. The molecule has 0 heterocycles. The molecule has 0 fully saturated rings. The molecule has 0 aromatic heterocycles. The second kappa shape index (κ2) is 8.53. The Morgan fingerprint density at radius 2 is 2.11 bits per heavy atom. The third-order valence-electron chi connectivity index (χ3n) is 2.63. The number of aliphatic hydroxyl groups excluding tert-OH is 1. The first-order chi connectivity index (χ1) is 8.77. The van der Waals surface area contributed by atoms with Crippen molar-refractivity contribution in [3.05, 3.63) is 46.3 Å². The molecule has 0 amide bonds. The summed E-state index contributed by atoms with van der Waals surface area (Å²) in [5.41, 5.74) is 9.52. The minimum atomic E-state index is -0.637. The molecule has 0 aliphatic heterocycles. The average Bonchev–Trinajstić information content (AvgIpc) is 2.39. The number of ether oxygens (including phenoxy) is 1. The number of rotatable bonds is 8. The first kappa shape index (κ1) is 14.5. The van der Waals surface area contributed by atoms with Crippen LogP contribution in [0.1, 0.15) is 25.3 Å². The molecule has 0 aliphatic carbocycles. The second-order valence-corrected chi connectivity index (χ2v) is 4.13. The first-order valence-electron chi connectivity index (χ1n) is 6.11. The molecule has 1 rings (SSSR count). The van der Waals surface area contributed by atoms with Crippen LogP contribution in [0.3, 0.4) is 0 Å². The minimum Gasteiger partial charge on any atom is -0.393 e. The van der Waals surface area contributed by atoms with E-state index in [1.807, 2.05) is 37.3 Å². The molecule has 1 aromatic rings. The molecule has 0 unspecified atom stereocenters. The molecular formula is C13H19N3O2. The largest absolute Gasteiger partial charge is 0.393 e. The molecule has 0 spiro atoms. The van der Waals surface area contributed by atoms with Gasteiger partial charge in [0.05, 0.1) is 25.4 Å². The Morgan fingerprint density at radius 3 is 2.72 bits per heavy atom. The summed E-state index contributed by atoms with van der Waals surface area (Å²) in [4.78, 5) is 2.75. The minimum absolute atomic E-state index is 0.236. The summed E-state index contributed by atoms with van der Waals surface area (Å²) in [6.07, 6.45) is 0.817. The van der Waals surface area contributed by atoms with E-state index in [-0.39, 0.29) is 6.61 Å². The van der Waals surface area contributed by atoms with Crippen LogP contribution in [0.25, 0.3) is 10.4 Å². The Hall–Kier alpha value is -1.55. The van der Waals surface area contributed by atoms with Gasteiger partial charge < -0.3 is 9.84 Å². The van der Waals surface area contributed by atoms with Crippen LogP contribution in [0.4, 0.5) is 0 Å². The van der Waals surface area contributed by atoms with Crippen LogP contribution < -0.4 is 0 Å². The van der Waals surface area contributed by atoms with Crippen molar-refractivity contribution in [3.8, 4) is 0 Å². The zero-order chi connectivity index (χ0) is 13.2. The van der Waals surface area contributed by atoms with Crippen LogP contribution in [0.5, 0.6) is 0 Å². The fourth-order valence-corrected chi connectivity index (χ4v) is 1.65. The van der Waals surface area contributed by atoms with Gasteiger partial charge in [-0.15, -0.1) is 0 Å². The van der Waals surface area contributed by atoms with Crippen molar-refractivity contribution >= 4 is 0 Å². The Morgan fingerprint density at radius 1 is 1.39 bits per heavy atom. The summed E-state index contributed by atoms with van der Waals surface area (Å²) in [6, 6.07) is 9.23. The van der Waals surface area contributed by atoms with E-state index in [1.54, 1.807) is 0 Å². The highest BCUT2D eigenvalue weighted by Crippen LogP contribution is 2.09. The molecule has 5 heteroatoms. The normalized spacial score (nSPS) is 13.7. The number of hydrogen-bond donors (Lipinski definition) is 1. The fourth-order valence-electron chi connectivity index (χ4n) is 1.65. The van der Waals surface area contributed by atoms with Gasteiger partial charge in [0.25, 0.3) is 0 Å². The molecule has 0 saturated heterocycles. The third kappa shape index (κ3) is 5.19. The van der Waals surface area contributed by atoms with Crippen molar-refractivity contribution in [3.63, 3.8) is 0 Å². The summed E-state index contributed by atoms with van der Waals surface area (Å²) in [6.45, 7) is 2.67. The van der Waals surface area contributed by atoms with Crippen LogP contribution in [-0.4, -0.2) is 23.9 Å². The van der Waals surface area contributed by atoms with Crippen molar-refractivity contribution in [2.24, 2.45) is 5.11 Å². The van der Waals surface area contributed by atoms with Crippen LogP contribution in [0, 0.1) is 0 Å². The maximum absolute atomic E-state index is 9.79. The highest BCUT2D eigenvalue weighted by Gasteiger charge is 2.17. The lowest BCUT2D eigenvalue weighted by Gasteiger charge is -2.17. The van der Waals surface area contributed by atoms with Crippen molar-refractivity contribution < 1.29 is 9.84 Å². The average molecular weight is 249 g/mol. The second-order valence-electron chi connectivity index (χ2n) is 4.13. The molecule has 0 radical (unpaired) electrons. The predicted octanol–water partition coefficient (Wildman–Crippen LogP) is 3.04.